The summed E-state index contributed by atoms with van der Waals surface area (Å²) in [5, 5.41) is 1.14. The number of ether oxygens (including phenoxy) is 1. The molecule has 2 aliphatic heterocycles. The highest BCUT2D eigenvalue weighted by atomic mass is 32.2. The molecule has 2 aliphatic rings. The van der Waals surface area contributed by atoms with Gasteiger partial charge in [0.15, 0.2) is 0 Å². The molecule has 0 aliphatic carbocycles. The molecule has 1 aromatic heterocycles. The molecule has 4 rings (SSSR count). The average Bonchev–Trinajstić information content (AvgIpc) is 3.05. The van der Waals surface area contributed by atoms with Gasteiger partial charge >= 0.3 is 0 Å². The van der Waals surface area contributed by atoms with Crippen molar-refractivity contribution in [2.45, 2.75) is 44.8 Å². The monoisotopic (exact) mass is 395 g/mol. The zero-order valence-corrected chi connectivity index (χ0v) is 16.8. The third kappa shape index (κ3) is 3.53. The van der Waals surface area contributed by atoms with Crippen LogP contribution in [-0.4, -0.2) is 60.4 Å². The molecule has 0 spiro atoms. The molecular weight excluding hydrogens is 370 g/mol. The molecule has 142 valence electrons. The smallest absolute Gasteiger partial charge is 0.282 e. The largest absolute Gasteiger partial charge is 0.373 e. The number of piperidine rings is 1. The molecule has 8 heteroatoms. The fourth-order valence-electron chi connectivity index (χ4n) is 3.88. The van der Waals surface area contributed by atoms with Crippen LogP contribution in [0, 0.1) is 0 Å². The van der Waals surface area contributed by atoms with E-state index in [2.05, 4.69) is 6.07 Å². The van der Waals surface area contributed by atoms with Gasteiger partial charge < -0.3 is 4.74 Å². The van der Waals surface area contributed by atoms with Crippen molar-refractivity contribution in [3.05, 3.63) is 29.3 Å². The molecule has 3 heterocycles. The number of thiazole rings is 1. The summed E-state index contributed by atoms with van der Waals surface area (Å²) in [6.45, 7) is 5.84. The number of morpholine rings is 1. The highest BCUT2D eigenvalue weighted by Gasteiger charge is 2.37. The number of hydrogen-bond donors (Lipinski definition) is 0. The maximum atomic E-state index is 13.0. The quantitative estimate of drug-likeness (QED) is 0.802. The van der Waals surface area contributed by atoms with Gasteiger partial charge in [-0.05, 0) is 38.8 Å². The van der Waals surface area contributed by atoms with Gasteiger partial charge in [0, 0.05) is 32.1 Å². The van der Waals surface area contributed by atoms with E-state index in [0.717, 1.165) is 23.4 Å². The summed E-state index contributed by atoms with van der Waals surface area (Å²) < 4.78 is 36.1. The number of benzene rings is 1. The van der Waals surface area contributed by atoms with Crippen molar-refractivity contribution in [2.75, 3.05) is 26.2 Å². The molecule has 2 fully saturated rings. The predicted octanol–water partition coefficient (Wildman–Crippen LogP) is 2.83. The van der Waals surface area contributed by atoms with Crippen molar-refractivity contribution in [3.8, 4) is 0 Å². The summed E-state index contributed by atoms with van der Waals surface area (Å²) in [7, 11) is -3.41. The van der Waals surface area contributed by atoms with E-state index in [1.54, 1.807) is 19.9 Å². The second-order valence-electron chi connectivity index (χ2n) is 7.28. The fourth-order valence-corrected chi connectivity index (χ4v) is 6.81. The van der Waals surface area contributed by atoms with E-state index in [1.165, 1.54) is 4.70 Å². The van der Waals surface area contributed by atoms with Crippen LogP contribution in [0.3, 0.4) is 0 Å². The van der Waals surface area contributed by atoms with Gasteiger partial charge in [-0.15, -0.1) is 11.3 Å². The summed E-state index contributed by atoms with van der Waals surface area (Å²) >= 11 is 1.74. The van der Waals surface area contributed by atoms with E-state index < -0.39 is 10.2 Å². The van der Waals surface area contributed by atoms with Gasteiger partial charge in [-0.3, -0.25) is 0 Å². The van der Waals surface area contributed by atoms with Gasteiger partial charge in [0.25, 0.3) is 10.2 Å². The first-order valence-electron chi connectivity index (χ1n) is 9.19. The Hall–Kier alpha value is -1.06. The highest BCUT2D eigenvalue weighted by molar-refractivity contribution is 7.86. The van der Waals surface area contributed by atoms with Crippen molar-refractivity contribution in [1.82, 2.24) is 13.6 Å². The van der Waals surface area contributed by atoms with Crippen molar-refractivity contribution in [1.29, 1.82) is 0 Å². The normalized spacial score (nSPS) is 27.2. The Morgan fingerprint density at radius 2 is 1.73 bits per heavy atom. The van der Waals surface area contributed by atoms with Gasteiger partial charge in [-0.25, -0.2) is 4.98 Å². The SMILES string of the molecule is C[C@@H]1CN(S(=O)(=O)N2CCC(c3nc4ccccc4s3)CC2)C[C@@H](C)O1. The maximum Gasteiger partial charge on any atom is 0.282 e. The molecule has 0 amide bonds. The Bertz CT molecular complexity index is 832. The van der Waals surface area contributed by atoms with E-state index in [9.17, 15) is 8.42 Å². The summed E-state index contributed by atoms with van der Waals surface area (Å²) in [6.07, 6.45) is 1.53. The number of hydrogen-bond acceptors (Lipinski definition) is 5. The summed E-state index contributed by atoms with van der Waals surface area (Å²) in [5.74, 6) is 0.349. The Labute approximate surface area is 159 Å². The lowest BCUT2D eigenvalue weighted by Crippen LogP contribution is -2.54. The van der Waals surface area contributed by atoms with Crippen LogP contribution in [0.25, 0.3) is 10.2 Å². The van der Waals surface area contributed by atoms with Gasteiger partial charge in [0.2, 0.25) is 0 Å². The minimum atomic E-state index is -3.41. The molecule has 0 radical (unpaired) electrons. The van der Waals surface area contributed by atoms with Crippen LogP contribution in [0.4, 0.5) is 0 Å². The second kappa shape index (κ2) is 7.16. The molecule has 26 heavy (non-hydrogen) atoms. The van der Waals surface area contributed by atoms with Crippen LogP contribution < -0.4 is 0 Å². The van der Waals surface area contributed by atoms with Gasteiger partial charge in [0.1, 0.15) is 0 Å². The van der Waals surface area contributed by atoms with Gasteiger partial charge in [-0.2, -0.15) is 17.0 Å². The van der Waals surface area contributed by atoms with E-state index >= 15 is 0 Å². The first kappa shape index (κ1) is 18.3. The van der Waals surface area contributed by atoms with E-state index in [-0.39, 0.29) is 12.2 Å². The van der Waals surface area contributed by atoms with Crippen molar-refractivity contribution in [3.63, 3.8) is 0 Å². The highest BCUT2D eigenvalue weighted by Crippen LogP contribution is 2.35. The van der Waals surface area contributed by atoms with E-state index in [0.29, 0.717) is 32.1 Å². The van der Waals surface area contributed by atoms with E-state index in [1.807, 2.05) is 32.0 Å². The lowest BCUT2D eigenvalue weighted by Gasteiger charge is -2.39. The molecule has 0 bridgehead atoms. The molecule has 1 aromatic carbocycles. The van der Waals surface area contributed by atoms with Crippen molar-refractivity contribution < 1.29 is 13.2 Å². The Balaban J connectivity index is 1.44. The van der Waals surface area contributed by atoms with Gasteiger partial charge in [-0.1, -0.05) is 12.1 Å². The first-order chi connectivity index (χ1) is 12.4. The molecule has 2 saturated heterocycles. The van der Waals surface area contributed by atoms with Crippen LogP contribution in [0.15, 0.2) is 24.3 Å². The molecule has 0 unspecified atom stereocenters. The number of para-hydroxylation sites is 1. The van der Waals surface area contributed by atoms with Crippen LogP contribution in [0.2, 0.25) is 0 Å². The predicted molar refractivity (Wildman–Crippen MR) is 104 cm³/mol. The van der Waals surface area contributed by atoms with E-state index in [4.69, 9.17) is 9.72 Å². The average molecular weight is 396 g/mol. The number of aromatic nitrogens is 1. The van der Waals surface area contributed by atoms with Gasteiger partial charge in [0.05, 0.1) is 27.4 Å². The minimum Gasteiger partial charge on any atom is -0.373 e. The lowest BCUT2D eigenvalue weighted by atomic mass is 9.99. The summed E-state index contributed by atoms with van der Waals surface area (Å²) in [6, 6.07) is 8.17. The van der Waals surface area contributed by atoms with Crippen LogP contribution >= 0.6 is 11.3 Å². The number of fused-ring (bicyclic) bond motifs is 1. The summed E-state index contributed by atoms with van der Waals surface area (Å²) in [4.78, 5) is 4.76. The summed E-state index contributed by atoms with van der Waals surface area (Å²) in [5.41, 5.74) is 1.04. The zero-order chi connectivity index (χ0) is 18.3. The third-order valence-corrected chi connectivity index (χ3v) is 8.32. The van der Waals surface area contributed by atoms with Crippen LogP contribution in [0.5, 0.6) is 0 Å². The zero-order valence-electron chi connectivity index (χ0n) is 15.2. The Morgan fingerprint density at radius 1 is 1.08 bits per heavy atom. The molecular formula is C18H25N3O3S2. The second-order valence-corrected chi connectivity index (χ2v) is 10.3. The molecule has 0 saturated carbocycles. The Morgan fingerprint density at radius 3 is 2.38 bits per heavy atom. The molecule has 0 N–H and O–H groups in total. The standard InChI is InChI=1S/C18H25N3O3S2/c1-13-11-21(12-14(2)24-13)26(22,23)20-9-7-15(8-10-20)18-19-16-5-3-4-6-17(16)25-18/h3-6,13-15H,7-12H2,1-2H3/t13-,14-/m1/s1. The minimum absolute atomic E-state index is 0.0613. The molecule has 2 aromatic rings. The number of rotatable bonds is 3. The van der Waals surface area contributed by atoms with Crippen LogP contribution in [0.1, 0.15) is 37.6 Å². The molecule has 6 nitrogen and oxygen atoms in total. The van der Waals surface area contributed by atoms with Crippen molar-refractivity contribution in [2.24, 2.45) is 0 Å². The van der Waals surface area contributed by atoms with Crippen molar-refractivity contribution >= 4 is 31.8 Å². The fraction of sp³-hybridized carbons (Fsp3) is 0.611. The first-order valence-corrected chi connectivity index (χ1v) is 11.4. The maximum absolute atomic E-state index is 13.0. The topological polar surface area (TPSA) is 62.7 Å². The molecule has 2 atom stereocenters. The lowest BCUT2D eigenvalue weighted by molar-refractivity contribution is -0.0456. The van der Waals surface area contributed by atoms with Crippen LogP contribution in [-0.2, 0) is 14.9 Å². The number of nitrogens with zero attached hydrogens (tertiary/aromatic N) is 3. The Kier molecular flexibility index (Phi) is 5.04. The third-order valence-electron chi connectivity index (χ3n) is 5.15.